The van der Waals surface area contributed by atoms with Crippen molar-refractivity contribution in [2.24, 2.45) is 11.7 Å². The van der Waals surface area contributed by atoms with Crippen LogP contribution in [0.25, 0.3) is 0 Å². The summed E-state index contributed by atoms with van der Waals surface area (Å²) in [6.45, 7) is 1.56. The van der Waals surface area contributed by atoms with Gasteiger partial charge in [-0.1, -0.05) is 25.7 Å². The molecule has 106 valence electrons. The lowest BCUT2D eigenvalue weighted by molar-refractivity contribution is 0.00347. The Balaban J connectivity index is 1.76. The van der Waals surface area contributed by atoms with Crippen LogP contribution in [0.4, 0.5) is 0 Å². The molecule has 0 bridgehead atoms. The largest absolute Gasteiger partial charge is 0.388 e. The van der Waals surface area contributed by atoms with Gasteiger partial charge in [0.15, 0.2) is 0 Å². The van der Waals surface area contributed by atoms with Crippen LogP contribution in [0.1, 0.15) is 57.8 Å². The number of rotatable bonds is 5. The SMILES string of the molecule is CN(CCC1CCCC1(O)CN)C1CCCCC1. The molecule has 0 aliphatic heterocycles. The molecular weight excluding hydrogens is 224 g/mol. The molecule has 18 heavy (non-hydrogen) atoms. The van der Waals surface area contributed by atoms with Crippen LogP contribution in [-0.4, -0.2) is 41.8 Å². The van der Waals surface area contributed by atoms with Gasteiger partial charge in [0.1, 0.15) is 0 Å². The van der Waals surface area contributed by atoms with Gasteiger partial charge in [-0.05, 0) is 51.6 Å². The summed E-state index contributed by atoms with van der Waals surface area (Å²) in [5.74, 6) is 0.425. The predicted molar refractivity (Wildman–Crippen MR) is 75.5 cm³/mol. The van der Waals surface area contributed by atoms with Gasteiger partial charge in [-0.2, -0.15) is 0 Å². The van der Waals surface area contributed by atoms with Crippen LogP contribution in [0, 0.1) is 5.92 Å². The maximum atomic E-state index is 10.4. The average molecular weight is 254 g/mol. The Morgan fingerprint density at radius 2 is 1.89 bits per heavy atom. The van der Waals surface area contributed by atoms with Gasteiger partial charge in [0, 0.05) is 12.6 Å². The Morgan fingerprint density at radius 3 is 2.56 bits per heavy atom. The van der Waals surface area contributed by atoms with Crippen LogP contribution in [0.3, 0.4) is 0 Å². The van der Waals surface area contributed by atoms with E-state index in [0.29, 0.717) is 12.5 Å². The first-order chi connectivity index (χ1) is 8.65. The van der Waals surface area contributed by atoms with E-state index in [-0.39, 0.29) is 0 Å². The number of nitrogens with two attached hydrogens (primary N) is 1. The molecule has 3 N–H and O–H groups in total. The molecule has 0 amide bonds. The molecule has 2 atom stereocenters. The second kappa shape index (κ2) is 6.36. The lowest BCUT2D eigenvalue weighted by atomic mass is 9.87. The van der Waals surface area contributed by atoms with Gasteiger partial charge in [0.25, 0.3) is 0 Å². The Kier molecular flexibility index (Phi) is 5.05. The van der Waals surface area contributed by atoms with Crippen molar-refractivity contribution in [3.8, 4) is 0 Å². The van der Waals surface area contributed by atoms with E-state index < -0.39 is 5.60 Å². The highest BCUT2D eigenvalue weighted by atomic mass is 16.3. The molecular formula is C15H30N2O. The van der Waals surface area contributed by atoms with Crippen LogP contribution >= 0.6 is 0 Å². The van der Waals surface area contributed by atoms with Gasteiger partial charge >= 0.3 is 0 Å². The first-order valence-corrected chi connectivity index (χ1v) is 7.78. The number of aliphatic hydroxyl groups is 1. The van der Waals surface area contributed by atoms with Crippen LogP contribution in [0.2, 0.25) is 0 Å². The molecule has 2 rings (SSSR count). The van der Waals surface area contributed by atoms with Gasteiger partial charge in [-0.15, -0.1) is 0 Å². The zero-order valence-corrected chi connectivity index (χ0v) is 11.9. The van der Waals surface area contributed by atoms with Crippen molar-refractivity contribution >= 4 is 0 Å². The third-order valence-corrected chi connectivity index (χ3v) is 5.30. The molecule has 2 aliphatic rings. The van der Waals surface area contributed by atoms with Crippen LogP contribution < -0.4 is 5.73 Å². The van der Waals surface area contributed by atoms with Gasteiger partial charge in [0.2, 0.25) is 0 Å². The zero-order chi connectivity index (χ0) is 13.0. The highest BCUT2D eigenvalue weighted by molar-refractivity contribution is 4.93. The van der Waals surface area contributed by atoms with E-state index in [1.807, 2.05) is 0 Å². The molecule has 2 aliphatic carbocycles. The maximum absolute atomic E-state index is 10.4. The van der Waals surface area contributed by atoms with Crippen molar-refractivity contribution in [3.05, 3.63) is 0 Å². The second-order valence-corrected chi connectivity index (χ2v) is 6.46. The van der Waals surface area contributed by atoms with Gasteiger partial charge < -0.3 is 15.7 Å². The van der Waals surface area contributed by atoms with E-state index in [1.54, 1.807) is 0 Å². The minimum atomic E-state index is -0.562. The topological polar surface area (TPSA) is 49.5 Å². The van der Waals surface area contributed by atoms with E-state index in [9.17, 15) is 5.11 Å². The standard InChI is InChI=1S/C15H30N2O/c1-17(14-7-3-2-4-8-14)11-9-13-6-5-10-15(13,18)12-16/h13-14,18H,2-12,16H2,1H3. The predicted octanol–water partition coefficient (Wildman–Crippen LogP) is 2.13. The molecule has 3 heteroatoms. The van der Waals surface area contributed by atoms with Crippen molar-refractivity contribution in [2.45, 2.75) is 69.4 Å². The van der Waals surface area contributed by atoms with E-state index >= 15 is 0 Å². The monoisotopic (exact) mass is 254 g/mol. The summed E-state index contributed by atoms with van der Waals surface area (Å²) in [5, 5.41) is 10.4. The fourth-order valence-corrected chi connectivity index (χ4v) is 3.87. The Hall–Kier alpha value is -0.120. The minimum Gasteiger partial charge on any atom is -0.388 e. The molecule has 0 saturated heterocycles. The molecule has 0 aromatic heterocycles. The van der Waals surface area contributed by atoms with E-state index in [2.05, 4.69) is 11.9 Å². The molecule has 0 aromatic carbocycles. The van der Waals surface area contributed by atoms with Crippen molar-refractivity contribution in [3.63, 3.8) is 0 Å². The Bertz CT molecular complexity index is 253. The summed E-state index contributed by atoms with van der Waals surface area (Å²) in [7, 11) is 2.26. The summed E-state index contributed by atoms with van der Waals surface area (Å²) >= 11 is 0. The summed E-state index contributed by atoms with van der Waals surface area (Å²) in [6.07, 6.45) is 11.3. The molecule has 0 aromatic rings. The van der Waals surface area contributed by atoms with Crippen molar-refractivity contribution in [1.82, 2.24) is 4.90 Å². The molecule has 2 saturated carbocycles. The Labute approximate surface area is 112 Å². The third kappa shape index (κ3) is 3.25. The number of hydrogen-bond donors (Lipinski definition) is 2. The summed E-state index contributed by atoms with van der Waals surface area (Å²) in [5.41, 5.74) is 5.18. The zero-order valence-electron chi connectivity index (χ0n) is 11.9. The highest BCUT2D eigenvalue weighted by Crippen LogP contribution is 2.37. The molecule has 0 radical (unpaired) electrons. The average Bonchev–Trinajstić information content (AvgIpc) is 2.79. The maximum Gasteiger partial charge on any atom is 0.0797 e. The van der Waals surface area contributed by atoms with Crippen molar-refractivity contribution < 1.29 is 5.11 Å². The number of nitrogens with zero attached hydrogens (tertiary/aromatic N) is 1. The number of hydrogen-bond acceptors (Lipinski definition) is 3. The molecule has 2 unspecified atom stereocenters. The van der Waals surface area contributed by atoms with Crippen molar-refractivity contribution in [2.75, 3.05) is 20.1 Å². The van der Waals surface area contributed by atoms with Gasteiger partial charge in [0.05, 0.1) is 5.60 Å². The van der Waals surface area contributed by atoms with Crippen LogP contribution in [-0.2, 0) is 0 Å². The summed E-state index contributed by atoms with van der Waals surface area (Å²) < 4.78 is 0. The lowest BCUT2D eigenvalue weighted by Crippen LogP contribution is -2.43. The summed E-state index contributed by atoms with van der Waals surface area (Å²) in [4.78, 5) is 2.52. The third-order valence-electron chi connectivity index (χ3n) is 5.30. The van der Waals surface area contributed by atoms with E-state index in [4.69, 9.17) is 5.73 Å². The normalized spacial score (nSPS) is 34.3. The van der Waals surface area contributed by atoms with Crippen LogP contribution in [0.5, 0.6) is 0 Å². The lowest BCUT2D eigenvalue weighted by Gasteiger charge is -2.34. The fourth-order valence-electron chi connectivity index (χ4n) is 3.87. The highest BCUT2D eigenvalue weighted by Gasteiger charge is 2.39. The molecule has 0 spiro atoms. The molecule has 2 fully saturated rings. The van der Waals surface area contributed by atoms with E-state index in [1.165, 1.54) is 32.1 Å². The summed E-state index contributed by atoms with van der Waals surface area (Å²) in [6, 6.07) is 0.783. The fraction of sp³-hybridized carbons (Fsp3) is 1.00. The van der Waals surface area contributed by atoms with Gasteiger partial charge in [-0.3, -0.25) is 0 Å². The minimum absolute atomic E-state index is 0.425. The first kappa shape index (κ1) is 14.3. The first-order valence-electron chi connectivity index (χ1n) is 7.78. The quantitative estimate of drug-likeness (QED) is 0.790. The molecule has 0 heterocycles. The molecule has 3 nitrogen and oxygen atoms in total. The van der Waals surface area contributed by atoms with E-state index in [0.717, 1.165) is 38.3 Å². The smallest absolute Gasteiger partial charge is 0.0797 e. The second-order valence-electron chi connectivity index (χ2n) is 6.46. The van der Waals surface area contributed by atoms with Crippen LogP contribution in [0.15, 0.2) is 0 Å². The Morgan fingerprint density at radius 1 is 1.17 bits per heavy atom. The van der Waals surface area contributed by atoms with Crippen molar-refractivity contribution in [1.29, 1.82) is 0 Å². The van der Waals surface area contributed by atoms with Gasteiger partial charge in [-0.25, -0.2) is 0 Å².